The van der Waals surface area contributed by atoms with Gasteiger partial charge in [0.25, 0.3) is 0 Å². The number of hydrogen-bond donors (Lipinski definition) is 0. The molecule has 0 unspecified atom stereocenters. The van der Waals surface area contributed by atoms with Gasteiger partial charge in [0.15, 0.2) is 0 Å². The molecular formula is C60H40N2S. The number of benzene rings is 10. The van der Waals surface area contributed by atoms with Crippen molar-refractivity contribution in [1.82, 2.24) is 4.57 Å². The molecule has 2 heterocycles. The van der Waals surface area contributed by atoms with E-state index in [-0.39, 0.29) is 0 Å². The Bertz CT molecular complexity index is 3570. The van der Waals surface area contributed by atoms with Gasteiger partial charge in [0.2, 0.25) is 0 Å². The Kier molecular flexibility index (Phi) is 9.06. The molecule has 0 amide bonds. The molecular weight excluding hydrogens is 781 g/mol. The van der Waals surface area contributed by atoms with Gasteiger partial charge in [-0.2, -0.15) is 0 Å². The van der Waals surface area contributed by atoms with Crippen molar-refractivity contribution in [2.24, 2.45) is 0 Å². The third kappa shape index (κ3) is 6.41. The Balaban J connectivity index is 1.10. The molecule has 2 nitrogen and oxygen atoms in total. The van der Waals surface area contributed by atoms with Crippen molar-refractivity contribution in [2.75, 3.05) is 4.90 Å². The molecule has 0 saturated heterocycles. The second-order valence-corrected chi connectivity index (χ2v) is 17.1. The minimum absolute atomic E-state index is 1.08. The summed E-state index contributed by atoms with van der Waals surface area (Å²) in [5.41, 5.74) is 16.4. The summed E-state index contributed by atoms with van der Waals surface area (Å²) >= 11 is 1.88. The Morgan fingerprint density at radius 1 is 0.302 bits per heavy atom. The Labute approximate surface area is 370 Å². The fourth-order valence-electron chi connectivity index (χ4n) is 9.52. The number of thiophene rings is 1. The van der Waals surface area contributed by atoms with Crippen molar-refractivity contribution in [2.45, 2.75) is 0 Å². The predicted molar refractivity (Wildman–Crippen MR) is 270 cm³/mol. The Morgan fingerprint density at radius 2 is 0.841 bits per heavy atom. The average Bonchev–Trinajstić information content (AvgIpc) is 3.91. The molecule has 3 heteroatoms. The highest BCUT2D eigenvalue weighted by molar-refractivity contribution is 7.26. The van der Waals surface area contributed by atoms with E-state index in [4.69, 9.17) is 0 Å². The van der Waals surface area contributed by atoms with Gasteiger partial charge in [-0.1, -0.05) is 182 Å². The van der Waals surface area contributed by atoms with Gasteiger partial charge >= 0.3 is 0 Å². The van der Waals surface area contributed by atoms with Gasteiger partial charge in [-0.05, 0) is 94.0 Å². The summed E-state index contributed by atoms with van der Waals surface area (Å²) in [5, 5.41) is 5.02. The summed E-state index contributed by atoms with van der Waals surface area (Å²) in [4.78, 5) is 2.44. The van der Waals surface area contributed by atoms with Gasteiger partial charge in [-0.15, -0.1) is 11.3 Å². The monoisotopic (exact) mass is 820 g/mol. The van der Waals surface area contributed by atoms with Crippen LogP contribution >= 0.6 is 11.3 Å². The summed E-state index contributed by atoms with van der Waals surface area (Å²) in [7, 11) is 0. The molecule has 0 aliphatic rings. The highest BCUT2D eigenvalue weighted by atomic mass is 32.1. The zero-order valence-corrected chi connectivity index (χ0v) is 35.2. The standard InChI is InChI=1S/C60H40N2S/c1-3-18-41(19-4-1)44-22-17-23-46(38-44)61(45-36-34-43(35-37-45)49-25-8-7-24-48(49)42-20-5-2-6-21-42)47-39-54(60-55(40-47)53-29-12-16-33-59(53)63-60)52-28-11-15-32-58(52)62-56-30-13-9-26-50(56)51-27-10-14-31-57(51)62/h1-40H. The average molecular weight is 821 g/mol. The van der Waals surface area contributed by atoms with Crippen LogP contribution in [0.15, 0.2) is 243 Å². The molecule has 0 bridgehead atoms. The maximum absolute atomic E-state index is 2.46. The summed E-state index contributed by atoms with van der Waals surface area (Å²) in [6.07, 6.45) is 0. The molecule has 296 valence electrons. The predicted octanol–water partition coefficient (Wildman–Crippen LogP) is 17.3. The Hall–Kier alpha value is -7.98. The van der Waals surface area contributed by atoms with E-state index in [2.05, 4.69) is 252 Å². The molecule has 0 saturated carbocycles. The van der Waals surface area contributed by atoms with E-state index in [1.165, 1.54) is 86.5 Å². The molecule has 0 spiro atoms. The van der Waals surface area contributed by atoms with Crippen LogP contribution in [-0.2, 0) is 0 Å². The normalized spacial score (nSPS) is 11.5. The number of fused-ring (bicyclic) bond motifs is 6. The van der Waals surface area contributed by atoms with Gasteiger partial charge < -0.3 is 9.47 Å². The first-order valence-corrected chi connectivity index (χ1v) is 22.3. The number of para-hydroxylation sites is 3. The molecule has 12 aromatic rings. The van der Waals surface area contributed by atoms with Gasteiger partial charge in [-0.25, -0.2) is 0 Å². The van der Waals surface area contributed by atoms with Gasteiger partial charge in [0, 0.05) is 59.1 Å². The van der Waals surface area contributed by atoms with E-state index >= 15 is 0 Å². The second kappa shape index (κ2) is 15.5. The van der Waals surface area contributed by atoms with Crippen LogP contribution in [0.25, 0.3) is 92.2 Å². The van der Waals surface area contributed by atoms with E-state index < -0.39 is 0 Å². The smallest absolute Gasteiger partial charge is 0.0541 e. The third-order valence-corrected chi connectivity index (χ3v) is 13.6. The molecule has 0 N–H and O–H groups in total. The largest absolute Gasteiger partial charge is 0.310 e. The number of nitrogens with zero attached hydrogens (tertiary/aromatic N) is 2. The quantitative estimate of drug-likeness (QED) is 0.148. The molecule has 2 aromatic heterocycles. The van der Waals surface area contributed by atoms with Crippen LogP contribution < -0.4 is 4.90 Å². The van der Waals surface area contributed by atoms with Crippen LogP contribution in [0.1, 0.15) is 0 Å². The molecule has 63 heavy (non-hydrogen) atoms. The molecule has 0 aliphatic heterocycles. The molecule has 10 aromatic carbocycles. The van der Waals surface area contributed by atoms with Crippen LogP contribution in [0.2, 0.25) is 0 Å². The first-order valence-electron chi connectivity index (χ1n) is 21.5. The minimum atomic E-state index is 1.08. The number of aromatic nitrogens is 1. The van der Waals surface area contributed by atoms with E-state index in [1.54, 1.807) is 0 Å². The summed E-state index contributed by atoms with van der Waals surface area (Å²) in [5.74, 6) is 0. The van der Waals surface area contributed by atoms with E-state index in [0.29, 0.717) is 0 Å². The SMILES string of the molecule is c1ccc(-c2cccc(N(c3ccc(-c4ccccc4-c4ccccc4)cc3)c3cc(-c4ccccc4-n4c5ccccc5c5ccccc54)c4sc5ccccc5c4c3)c2)cc1. The fourth-order valence-corrected chi connectivity index (χ4v) is 10.7. The fraction of sp³-hybridized carbons (Fsp3) is 0. The minimum Gasteiger partial charge on any atom is -0.310 e. The lowest BCUT2D eigenvalue weighted by atomic mass is 9.94. The zero-order valence-electron chi connectivity index (χ0n) is 34.4. The van der Waals surface area contributed by atoms with Crippen molar-refractivity contribution in [1.29, 1.82) is 0 Å². The van der Waals surface area contributed by atoms with Gasteiger partial charge in [0.1, 0.15) is 0 Å². The van der Waals surface area contributed by atoms with Gasteiger partial charge in [0.05, 0.1) is 16.7 Å². The maximum Gasteiger partial charge on any atom is 0.0541 e. The zero-order chi connectivity index (χ0) is 41.7. The molecule has 0 aliphatic carbocycles. The van der Waals surface area contributed by atoms with E-state index in [0.717, 1.165) is 22.7 Å². The lowest BCUT2D eigenvalue weighted by molar-refractivity contribution is 1.18. The van der Waals surface area contributed by atoms with Crippen LogP contribution in [-0.4, -0.2) is 4.57 Å². The third-order valence-electron chi connectivity index (χ3n) is 12.4. The van der Waals surface area contributed by atoms with Crippen molar-refractivity contribution >= 4 is 70.4 Å². The van der Waals surface area contributed by atoms with Crippen LogP contribution in [0.4, 0.5) is 17.1 Å². The van der Waals surface area contributed by atoms with Crippen LogP contribution in [0.3, 0.4) is 0 Å². The van der Waals surface area contributed by atoms with Crippen molar-refractivity contribution in [3.05, 3.63) is 243 Å². The lowest BCUT2D eigenvalue weighted by Gasteiger charge is -2.27. The lowest BCUT2D eigenvalue weighted by Crippen LogP contribution is -2.10. The van der Waals surface area contributed by atoms with Crippen molar-refractivity contribution in [3.8, 4) is 50.2 Å². The molecule has 12 rings (SSSR count). The first-order chi connectivity index (χ1) is 31.3. The summed E-state index contributed by atoms with van der Waals surface area (Å²) in [6.45, 7) is 0. The van der Waals surface area contributed by atoms with E-state index in [9.17, 15) is 0 Å². The topological polar surface area (TPSA) is 8.17 Å². The summed E-state index contributed by atoms with van der Waals surface area (Å²) in [6, 6.07) is 88.4. The highest BCUT2D eigenvalue weighted by Gasteiger charge is 2.22. The second-order valence-electron chi connectivity index (χ2n) is 16.1. The summed E-state index contributed by atoms with van der Waals surface area (Å²) < 4.78 is 5.01. The number of hydrogen-bond acceptors (Lipinski definition) is 2. The Morgan fingerprint density at radius 3 is 1.54 bits per heavy atom. The van der Waals surface area contributed by atoms with Crippen molar-refractivity contribution in [3.63, 3.8) is 0 Å². The van der Waals surface area contributed by atoms with E-state index in [1.807, 2.05) is 11.3 Å². The molecule has 0 fully saturated rings. The van der Waals surface area contributed by atoms with Crippen LogP contribution in [0, 0.1) is 0 Å². The van der Waals surface area contributed by atoms with Crippen molar-refractivity contribution < 1.29 is 0 Å². The number of anilines is 3. The number of rotatable bonds is 8. The molecule has 0 radical (unpaired) electrons. The van der Waals surface area contributed by atoms with Gasteiger partial charge in [-0.3, -0.25) is 0 Å². The van der Waals surface area contributed by atoms with Crippen LogP contribution in [0.5, 0.6) is 0 Å². The highest BCUT2D eigenvalue weighted by Crippen LogP contribution is 2.48. The first kappa shape index (κ1) is 36.8. The molecule has 0 atom stereocenters. The maximum atomic E-state index is 2.46.